The van der Waals surface area contributed by atoms with Crippen LogP contribution in [-0.4, -0.2) is 42.2 Å². The van der Waals surface area contributed by atoms with Gasteiger partial charge in [0.2, 0.25) is 0 Å². The lowest BCUT2D eigenvalue weighted by atomic mass is 10.0. The standard InChI is InChI=1S/C16H24N2O2/c1-18(15-7-4-9-17-10-8-15)12-14-6-3-2-5-13(14)11-16(19)20/h2-3,5-6,15,17H,4,7-12H2,1H3,(H,19,20). The van der Waals surface area contributed by atoms with E-state index >= 15 is 0 Å². The van der Waals surface area contributed by atoms with E-state index < -0.39 is 5.97 Å². The molecular weight excluding hydrogens is 252 g/mol. The summed E-state index contributed by atoms with van der Waals surface area (Å²) in [4.78, 5) is 13.3. The molecule has 0 saturated carbocycles. The molecule has 20 heavy (non-hydrogen) atoms. The molecule has 0 aliphatic carbocycles. The summed E-state index contributed by atoms with van der Waals surface area (Å²) in [5.74, 6) is -0.765. The Morgan fingerprint density at radius 3 is 2.80 bits per heavy atom. The molecule has 0 aromatic heterocycles. The third-order valence-corrected chi connectivity index (χ3v) is 4.05. The zero-order valence-electron chi connectivity index (χ0n) is 12.1. The first-order valence-corrected chi connectivity index (χ1v) is 7.36. The average molecular weight is 276 g/mol. The molecule has 0 amide bonds. The molecule has 4 nitrogen and oxygen atoms in total. The second-order valence-corrected chi connectivity index (χ2v) is 5.59. The van der Waals surface area contributed by atoms with Crippen molar-refractivity contribution in [1.29, 1.82) is 0 Å². The molecule has 1 heterocycles. The van der Waals surface area contributed by atoms with Gasteiger partial charge < -0.3 is 10.4 Å². The second kappa shape index (κ2) is 7.41. The van der Waals surface area contributed by atoms with Crippen LogP contribution in [0.25, 0.3) is 0 Å². The van der Waals surface area contributed by atoms with Gasteiger partial charge in [0.05, 0.1) is 6.42 Å². The number of rotatable bonds is 5. The Labute approximate surface area is 120 Å². The smallest absolute Gasteiger partial charge is 0.307 e. The maximum Gasteiger partial charge on any atom is 0.307 e. The number of carbonyl (C=O) groups is 1. The SMILES string of the molecule is CN(Cc1ccccc1CC(=O)O)C1CCCNCC1. The molecule has 1 aliphatic rings. The first-order chi connectivity index (χ1) is 9.66. The van der Waals surface area contributed by atoms with Gasteiger partial charge in [0, 0.05) is 12.6 Å². The van der Waals surface area contributed by atoms with Gasteiger partial charge in [-0.05, 0) is 50.5 Å². The van der Waals surface area contributed by atoms with E-state index in [2.05, 4.69) is 17.3 Å². The van der Waals surface area contributed by atoms with E-state index in [1.807, 2.05) is 24.3 Å². The number of carboxylic acids is 1. The van der Waals surface area contributed by atoms with E-state index in [0.717, 1.165) is 37.2 Å². The van der Waals surface area contributed by atoms with Gasteiger partial charge in [-0.15, -0.1) is 0 Å². The van der Waals surface area contributed by atoms with E-state index in [0.29, 0.717) is 6.04 Å². The lowest BCUT2D eigenvalue weighted by Gasteiger charge is -2.27. The molecule has 1 aromatic rings. The monoisotopic (exact) mass is 276 g/mol. The van der Waals surface area contributed by atoms with Crippen molar-refractivity contribution < 1.29 is 9.90 Å². The van der Waals surface area contributed by atoms with Crippen molar-refractivity contribution in [2.45, 2.75) is 38.3 Å². The van der Waals surface area contributed by atoms with Crippen LogP contribution in [-0.2, 0) is 17.8 Å². The highest BCUT2D eigenvalue weighted by Crippen LogP contribution is 2.17. The Bertz CT molecular complexity index is 440. The summed E-state index contributed by atoms with van der Waals surface area (Å²) in [5.41, 5.74) is 2.06. The minimum absolute atomic E-state index is 0.107. The minimum Gasteiger partial charge on any atom is -0.481 e. The quantitative estimate of drug-likeness (QED) is 0.862. The molecule has 0 bridgehead atoms. The third-order valence-electron chi connectivity index (χ3n) is 4.05. The Hall–Kier alpha value is -1.39. The van der Waals surface area contributed by atoms with Crippen molar-refractivity contribution in [2.24, 2.45) is 0 Å². The van der Waals surface area contributed by atoms with Crippen molar-refractivity contribution in [3.63, 3.8) is 0 Å². The molecule has 1 unspecified atom stereocenters. The van der Waals surface area contributed by atoms with Gasteiger partial charge in [-0.3, -0.25) is 9.69 Å². The molecule has 0 radical (unpaired) electrons. The molecule has 1 atom stereocenters. The van der Waals surface area contributed by atoms with Crippen LogP contribution < -0.4 is 5.32 Å². The van der Waals surface area contributed by atoms with Crippen LogP contribution in [0.4, 0.5) is 0 Å². The van der Waals surface area contributed by atoms with Gasteiger partial charge >= 0.3 is 5.97 Å². The Morgan fingerprint density at radius 2 is 2.05 bits per heavy atom. The summed E-state index contributed by atoms with van der Waals surface area (Å²) >= 11 is 0. The summed E-state index contributed by atoms with van der Waals surface area (Å²) in [5, 5.41) is 12.4. The van der Waals surface area contributed by atoms with Crippen LogP contribution in [0.5, 0.6) is 0 Å². The summed E-state index contributed by atoms with van der Waals surface area (Å²) in [6.07, 6.45) is 3.70. The summed E-state index contributed by atoms with van der Waals surface area (Å²) < 4.78 is 0. The number of nitrogens with zero attached hydrogens (tertiary/aromatic N) is 1. The van der Waals surface area contributed by atoms with E-state index in [9.17, 15) is 4.79 Å². The molecule has 1 saturated heterocycles. The molecular formula is C16H24N2O2. The fourth-order valence-electron chi connectivity index (χ4n) is 2.89. The maximum atomic E-state index is 10.9. The number of hydrogen-bond acceptors (Lipinski definition) is 3. The van der Waals surface area contributed by atoms with Gasteiger partial charge in [-0.25, -0.2) is 0 Å². The van der Waals surface area contributed by atoms with Crippen LogP contribution >= 0.6 is 0 Å². The summed E-state index contributed by atoms with van der Waals surface area (Å²) in [7, 11) is 2.15. The van der Waals surface area contributed by atoms with E-state index in [-0.39, 0.29) is 6.42 Å². The van der Waals surface area contributed by atoms with Crippen LogP contribution in [0.1, 0.15) is 30.4 Å². The third kappa shape index (κ3) is 4.32. The highest BCUT2D eigenvalue weighted by molar-refractivity contribution is 5.70. The van der Waals surface area contributed by atoms with Gasteiger partial charge in [0.25, 0.3) is 0 Å². The largest absolute Gasteiger partial charge is 0.481 e. The van der Waals surface area contributed by atoms with Gasteiger partial charge in [0.15, 0.2) is 0 Å². The highest BCUT2D eigenvalue weighted by atomic mass is 16.4. The lowest BCUT2D eigenvalue weighted by molar-refractivity contribution is -0.136. The van der Waals surface area contributed by atoms with Gasteiger partial charge in [0.1, 0.15) is 0 Å². The Kier molecular flexibility index (Phi) is 5.56. The number of hydrogen-bond donors (Lipinski definition) is 2. The van der Waals surface area contributed by atoms with E-state index in [1.165, 1.54) is 12.8 Å². The second-order valence-electron chi connectivity index (χ2n) is 5.59. The molecule has 2 N–H and O–H groups in total. The van der Waals surface area contributed by atoms with E-state index in [4.69, 9.17) is 5.11 Å². The number of benzene rings is 1. The number of nitrogens with one attached hydrogen (secondary N) is 1. The topological polar surface area (TPSA) is 52.6 Å². The zero-order chi connectivity index (χ0) is 14.4. The van der Waals surface area contributed by atoms with Crippen molar-refractivity contribution in [1.82, 2.24) is 10.2 Å². The van der Waals surface area contributed by atoms with Crippen molar-refractivity contribution in [3.8, 4) is 0 Å². The predicted octanol–water partition coefficient (Wildman–Crippen LogP) is 1.89. The predicted molar refractivity (Wildman–Crippen MR) is 79.8 cm³/mol. The summed E-state index contributed by atoms with van der Waals surface area (Å²) in [6, 6.07) is 8.46. The van der Waals surface area contributed by atoms with Crippen LogP contribution in [0.2, 0.25) is 0 Å². The van der Waals surface area contributed by atoms with Gasteiger partial charge in [-0.1, -0.05) is 24.3 Å². The molecule has 110 valence electrons. The average Bonchev–Trinajstić information content (AvgIpc) is 2.69. The molecule has 2 rings (SSSR count). The van der Waals surface area contributed by atoms with Gasteiger partial charge in [-0.2, -0.15) is 0 Å². The fourth-order valence-corrected chi connectivity index (χ4v) is 2.89. The number of carboxylic acid groups (broad SMARTS) is 1. The van der Waals surface area contributed by atoms with E-state index in [1.54, 1.807) is 0 Å². The highest BCUT2D eigenvalue weighted by Gasteiger charge is 2.18. The van der Waals surface area contributed by atoms with Crippen molar-refractivity contribution in [2.75, 3.05) is 20.1 Å². The fraction of sp³-hybridized carbons (Fsp3) is 0.562. The van der Waals surface area contributed by atoms with Crippen LogP contribution in [0.15, 0.2) is 24.3 Å². The molecule has 1 aromatic carbocycles. The first-order valence-electron chi connectivity index (χ1n) is 7.36. The van der Waals surface area contributed by atoms with Crippen molar-refractivity contribution >= 4 is 5.97 Å². The first kappa shape index (κ1) is 15.0. The number of aliphatic carboxylic acids is 1. The van der Waals surface area contributed by atoms with Crippen LogP contribution in [0, 0.1) is 0 Å². The van der Waals surface area contributed by atoms with Crippen molar-refractivity contribution in [3.05, 3.63) is 35.4 Å². The Balaban J connectivity index is 2.02. The zero-order valence-corrected chi connectivity index (χ0v) is 12.1. The summed E-state index contributed by atoms with van der Waals surface area (Å²) in [6.45, 7) is 3.01. The molecule has 1 aliphatic heterocycles. The molecule has 1 fully saturated rings. The normalized spacial score (nSPS) is 19.8. The Morgan fingerprint density at radius 1 is 1.30 bits per heavy atom. The lowest BCUT2D eigenvalue weighted by Crippen LogP contribution is -2.32. The molecule has 0 spiro atoms. The maximum absolute atomic E-state index is 10.9. The molecule has 4 heteroatoms. The minimum atomic E-state index is -0.765. The van der Waals surface area contributed by atoms with Crippen LogP contribution in [0.3, 0.4) is 0 Å².